The molecule has 0 atom stereocenters. The van der Waals surface area contributed by atoms with Gasteiger partial charge in [0.05, 0.1) is 21.0 Å². The van der Waals surface area contributed by atoms with Gasteiger partial charge in [0.15, 0.2) is 5.82 Å². The van der Waals surface area contributed by atoms with Crippen LogP contribution in [-0.2, 0) is 16.2 Å². The molecule has 1 amide bonds. The smallest absolute Gasteiger partial charge is 0.264 e. The Balaban J connectivity index is 1.72. The maximum absolute atomic E-state index is 13.2. The highest BCUT2D eigenvalue weighted by Crippen LogP contribution is 2.34. The number of carbonyl (C=O) groups excluding carboxylic acids is 1. The van der Waals surface area contributed by atoms with E-state index in [1.165, 1.54) is 16.0 Å². The van der Waals surface area contributed by atoms with Crippen molar-refractivity contribution in [2.45, 2.75) is 11.1 Å². The van der Waals surface area contributed by atoms with Crippen molar-refractivity contribution in [3.8, 4) is 16.4 Å². The summed E-state index contributed by atoms with van der Waals surface area (Å²) in [5.41, 5.74) is -0.824. The molecule has 1 N–H and O–H groups in total. The topological polar surface area (TPSA) is 94.0 Å². The number of benzene rings is 2. The molecule has 0 aliphatic carbocycles. The molecule has 7 nitrogen and oxygen atoms in total. The minimum absolute atomic E-state index is 0.282. The van der Waals surface area contributed by atoms with Gasteiger partial charge in [0.1, 0.15) is 0 Å². The van der Waals surface area contributed by atoms with Crippen molar-refractivity contribution in [1.82, 2.24) is 19.5 Å². The van der Waals surface area contributed by atoms with Crippen LogP contribution in [-0.4, -0.2) is 29.1 Å². The van der Waals surface area contributed by atoms with Crippen LogP contribution in [0.1, 0.15) is 16.2 Å². The molecule has 0 aliphatic heterocycles. The number of sulfonamides is 1. The van der Waals surface area contributed by atoms with Crippen molar-refractivity contribution in [2.75, 3.05) is 0 Å². The average molecular weight is 478 g/mol. The monoisotopic (exact) mass is 478 g/mol. The number of amides is 1. The van der Waals surface area contributed by atoms with E-state index >= 15 is 0 Å². The summed E-state index contributed by atoms with van der Waals surface area (Å²) in [5.74, 6) is -1.48. The Bertz CT molecular complexity index is 1370. The van der Waals surface area contributed by atoms with Crippen LogP contribution in [0.15, 0.2) is 77.0 Å². The fraction of sp³-hybridized carbons (Fsp3) is 0.0500. The van der Waals surface area contributed by atoms with Crippen LogP contribution in [0.2, 0.25) is 0 Å². The predicted molar refractivity (Wildman–Crippen MR) is 111 cm³/mol. The number of thiophene rings is 1. The summed E-state index contributed by atoms with van der Waals surface area (Å²) in [6.45, 7) is 0. The fourth-order valence-electron chi connectivity index (χ4n) is 2.88. The highest BCUT2D eigenvalue weighted by molar-refractivity contribution is 7.90. The normalized spacial score (nSPS) is 12.0. The van der Waals surface area contributed by atoms with Gasteiger partial charge in [-0.05, 0) is 35.7 Å². The molecule has 164 valence electrons. The van der Waals surface area contributed by atoms with E-state index < -0.39 is 38.4 Å². The fourth-order valence-corrected chi connectivity index (χ4v) is 4.76. The Labute approximate surface area is 184 Å². The van der Waals surface area contributed by atoms with Crippen molar-refractivity contribution in [1.29, 1.82) is 0 Å². The molecule has 32 heavy (non-hydrogen) atoms. The zero-order valence-corrected chi connectivity index (χ0v) is 17.6. The van der Waals surface area contributed by atoms with Gasteiger partial charge in [-0.15, -0.1) is 16.4 Å². The summed E-state index contributed by atoms with van der Waals surface area (Å²) in [4.78, 5) is 16.4. The lowest BCUT2D eigenvalue weighted by molar-refractivity contribution is -0.139. The van der Waals surface area contributed by atoms with Gasteiger partial charge in [0.25, 0.3) is 10.0 Å². The second-order valence-electron chi connectivity index (χ2n) is 6.41. The van der Waals surface area contributed by atoms with Crippen molar-refractivity contribution < 1.29 is 26.4 Å². The highest BCUT2D eigenvalue weighted by Gasteiger charge is 2.37. The van der Waals surface area contributed by atoms with E-state index in [0.717, 1.165) is 18.2 Å². The van der Waals surface area contributed by atoms with Crippen LogP contribution in [0.25, 0.3) is 16.4 Å². The largest absolute Gasteiger partial charge is 0.417 e. The molecule has 2 aromatic heterocycles. The molecular weight excluding hydrogens is 465 g/mol. The lowest BCUT2D eigenvalue weighted by Gasteiger charge is -2.13. The molecule has 2 heterocycles. The summed E-state index contributed by atoms with van der Waals surface area (Å²) in [7, 11) is -4.85. The van der Waals surface area contributed by atoms with E-state index in [9.17, 15) is 26.4 Å². The molecule has 12 heteroatoms. The summed E-state index contributed by atoms with van der Waals surface area (Å²) < 4.78 is 67.9. The second kappa shape index (κ2) is 8.20. The molecule has 4 rings (SSSR count). The third-order valence-corrected chi connectivity index (χ3v) is 6.52. The Morgan fingerprint density at radius 2 is 1.66 bits per heavy atom. The Morgan fingerprint density at radius 3 is 2.31 bits per heavy atom. The number of aromatic nitrogens is 3. The number of hydrogen-bond donors (Lipinski definition) is 1. The van der Waals surface area contributed by atoms with E-state index in [1.54, 1.807) is 52.6 Å². The molecule has 0 saturated heterocycles. The molecule has 0 fully saturated rings. The van der Waals surface area contributed by atoms with E-state index in [4.69, 9.17) is 0 Å². The van der Waals surface area contributed by atoms with Gasteiger partial charge in [-0.25, -0.2) is 22.8 Å². The Morgan fingerprint density at radius 1 is 0.969 bits per heavy atom. The van der Waals surface area contributed by atoms with Crippen LogP contribution in [0.5, 0.6) is 0 Å². The van der Waals surface area contributed by atoms with Gasteiger partial charge in [-0.2, -0.15) is 13.2 Å². The van der Waals surface area contributed by atoms with Gasteiger partial charge in [0, 0.05) is 0 Å². The first-order chi connectivity index (χ1) is 15.2. The standard InChI is InChI=1S/C20H13F3N4O3S2/c21-20(22,23)14-9-4-5-11-16(14)32(29,30)26-19(28)17-24-18(15-10-6-12-31-15)27(25-17)13-7-2-1-3-8-13/h1-12H,(H,26,28). The summed E-state index contributed by atoms with van der Waals surface area (Å²) in [6.07, 6.45) is -4.92. The Hall–Kier alpha value is -3.51. The molecule has 0 unspecified atom stereocenters. The van der Waals surface area contributed by atoms with Crippen LogP contribution in [0.3, 0.4) is 0 Å². The Kier molecular flexibility index (Phi) is 5.57. The SMILES string of the molecule is O=C(NS(=O)(=O)c1ccccc1C(F)(F)F)c1nc(-c2cccs2)n(-c2ccccc2)n1. The zero-order chi connectivity index (χ0) is 22.9. The minimum Gasteiger partial charge on any atom is -0.264 e. The maximum Gasteiger partial charge on any atom is 0.417 e. The number of para-hydroxylation sites is 1. The third kappa shape index (κ3) is 4.27. The lowest BCUT2D eigenvalue weighted by Crippen LogP contribution is -2.32. The first-order valence-electron chi connectivity index (χ1n) is 8.96. The predicted octanol–water partition coefficient (Wildman–Crippen LogP) is 4.13. The van der Waals surface area contributed by atoms with E-state index in [2.05, 4.69) is 10.1 Å². The first kappa shape index (κ1) is 21.7. The first-order valence-corrected chi connectivity index (χ1v) is 11.3. The molecular formula is C20H13F3N4O3S2. The second-order valence-corrected chi connectivity index (χ2v) is 9.01. The summed E-state index contributed by atoms with van der Waals surface area (Å²) in [6, 6.07) is 15.8. The molecule has 0 radical (unpaired) electrons. The van der Waals surface area contributed by atoms with Crippen molar-refractivity contribution in [3.05, 3.63) is 83.5 Å². The molecule has 4 aromatic rings. The zero-order valence-electron chi connectivity index (χ0n) is 15.9. The minimum atomic E-state index is -4.92. The van der Waals surface area contributed by atoms with Crippen LogP contribution < -0.4 is 4.72 Å². The lowest BCUT2D eigenvalue weighted by atomic mass is 10.2. The highest BCUT2D eigenvalue weighted by atomic mass is 32.2. The van der Waals surface area contributed by atoms with Crippen LogP contribution in [0, 0.1) is 0 Å². The number of nitrogens with zero attached hydrogens (tertiary/aromatic N) is 3. The van der Waals surface area contributed by atoms with Crippen molar-refractivity contribution >= 4 is 27.3 Å². The number of nitrogens with one attached hydrogen (secondary N) is 1. The van der Waals surface area contributed by atoms with Crippen molar-refractivity contribution in [2.24, 2.45) is 0 Å². The molecule has 2 aromatic carbocycles. The van der Waals surface area contributed by atoms with E-state index in [1.807, 2.05) is 0 Å². The quantitative estimate of drug-likeness (QED) is 0.466. The van der Waals surface area contributed by atoms with Crippen LogP contribution in [0.4, 0.5) is 13.2 Å². The number of halogens is 3. The van der Waals surface area contributed by atoms with Gasteiger partial charge in [-0.3, -0.25) is 4.79 Å². The van der Waals surface area contributed by atoms with Gasteiger partial charge in [0.2, 0.25) is 5.82 Å². The number of hydrogen-bond acceptors (Lipinski definition) is 6. The number of carbonyl (C=O) groups is 1. The van der Waals surface area contributed by atoms with E-state index in [0.29, 0.717) is 16.6 Å². The number of alkyl halides is 3. The third-order valence-electron chi connectivity index (χ3n) is 4.26. The molecule has 0 aliphatic rings. The maximum atomic E-state index is 13.2. The average Bonchev–Trinajstić information content (AvgIpc) is 3.43. The van der Waals surface area contributed by atoms with E-state index in [-0.39, 0.29) is 5.82 Å². The molecule has 0 spiro atoms. The summed E-state index contributed by atoms with van der Waals surface area (Å²) >= 11 is 1.33. The van der Waals surface area contributed by atoms with Crippen molar-refractivity contribution in [3.63, 3.8) is 0 Å². The summed E-state index contributed by atoms with van der Waals surface area (Å²) in [5, 5.41) is 5.89. The number of rotatable bonds is 5. The molecule has 0 saturated carbocycles. The van der Waals surface area contributed by atoms with Gasteiger partial charge >= 0.3 is 12.1 Å². The van der Waals surface area contributed by atoms with Gasteiger partial charge in [-0.1, -0.05) is 36.4 Å². The molecule has 0 bridgehead atoms. The van der Waals surface area contributed by atoms with Gasteiger partial charge < -0.3 is 0 Å². The van der Waals surface area contributed by atoms with Crippen LogP contribution >= 0.6 is 11.3 Å².